The molecule has 1 amide bonds. The van der Waals surface area contributed by atoms with Crippen molar-refractivity contribution in [1.29, 1.82) is 0 Å². The van der Waals surface area contributed by atoms with Gasteiger partial charge >= 0.3 is 5.97 Å². The van der Waals surface area contributed by atoms with Crippen LogP contribution in [0.4, 0.5) is 0 Å². The Labute approximate surface area is 418 Å². The average Bonchev–Trinajstić information content (AvgIpc) is 3.33. The van der Waals surface area contributed by atoms with E-state index in [0.717, 1.165) is 44.9 Å². The lowest BCUT2D eigenvalue weighted by Crippen LogP contribution is -2.45. The van der Waals surface area contributed by atoms with Crippen LogP contribution in [0, 0.1) is 0 Å². The number of rotatable bonds is 56. The van der Waals surface area contributed by atoms with E-state index in [1.807, 2.05) is 0 Å². The molecule has 0 bridgehead atoms. The second-order valence-corrected chi connectivity index (χ2v) is 20.7. The van der Waals surface area contributed by atoms with Crippen molar-refractivity contribution in [2.75, 3.05) is 13.2 Å². The van der Waals surface area contributed by atoms with Gasteiger partial charge in [0.05, 0.1) is 25.4 Å². The summed E-state index contributed by atoms with van der Waals surface area (Å²) in [5.74, 6) is -0.0354. The smallest absolute Gasteiger partial charge is 0.305 e. The number of hydrogen-bond acceptors (Lipinski definition) is 5. The van der Waals surface area contributed by atoms with Gasteiger partial charge in [0.15, 0.2) is 0 Å². The molecule has 0 rings (SSSR count). The van der Waals surface area contributed by atoms with Crippen LogP contribution in [0.3, 0.4) is 0 Å². The number of carbonyl (C=O) groups is 2. The molecule has 0 saturated heterocycles. The summed E-state index contributed by atoms with van der Waals surface area (Å²) in [5.41, 5.74) is 0. The molecule has 0 saturated carbocycles. The molecule has 0 fully saturated rings. The second-order valence-electron chi connectivity index (χ2n) is 20.7. The zero-order chi connectivity index (χ0) is 48.6. The number of allylic oxidation sites excluding steroid dienone is 4. The number of nitrogens with one attached hydrogen (secondary N) is 1. The molecule has 0 aromatic rings. The first-order valence-electron chi connectivity index (χ1n) is 30.1. The first kappa shape index (κ1) is 65.3. The zero-order valence-electron chi connectivity index (χ0n) is 45.1. The predicted octanol–water partition coefficient (Wildman–Crippen LogP) is 18.6. The van der Waals surface area contributed by atoms with Crippen molar-refractivity contribution in [1.82, 2.24) is 5.32 Å². The van der Waals surface area contributed by atoms with Crippen LogP contribution in [-0.2, 0) is 14.3 Å². The lowest BCUT2D eigenvalue weighted by atomic mass is 10.0. The van der Waals surface area contributed by atoms with E-state index in [9.17, 15) is 19.8 Å². The largest absolute Gasteiger partial charge is 0.466 e. The highest BCUT2D eigenvalue weighted by Gasteiger charge is 2.20. The minimum absolute atomic E-state index is 0.00524. The standard InChI is InChI=1S/C61H117NO5/c1-3-5-7-9-11-13-15-16-17-29-32-35-39-43-47-51-55-61(66)67-56-52-48-44-40-36-33-30-27-25-23-21-19-18-20-22-24-26-28-31-34-38-42-46-50-54-60(65)62-58(57-63)59(64)53-49-45-41-37-14-12-10-8-6-4-2/h17,20,22,29,58-59,63-64H,3-16,18-19,21,23-28,30-57H2,1-2H3,(H,62,65)/b22-20-,29-17-. The number of carbonyl (C=O) groups excluding carboxylic acids is 2. The lowest BCUT2D eigenvalue weighted by molar-refractivity contribution is -0.143. The minimum Gasteiger partial charge on any atom is -0.466 e. The van der Waals surface area contributed by atoms with E-state index < -0.39 is 12.1 Å². The molecule has 0 aliphatic rings. The third kappa shape index (κ3) is 53.5. The molecular weight excluding hydrogens is 827 g/mol. The summed E-state index contributed by atoms with van der Waals surface area (Å²) < 4.78 is 5.48. The molecule has 0 aliphatic heterocycles. The van der Waals surface area contributed by atoms with Crippen molar-refractivity contribution in [3.63, 3.8) is 0 Å². The van der Waals surface area contributed by atoms with E-state index in [1.54, 1.807) is 0 Å². The van der Waals surface area contributed by atoms with Crippen molar-refractivity contribution < 1.29 is 24.5 Å². The monoisotopic (exact) mass is 944 g/mol. The Bertz CT molecular complexity index is 1040. The maximum Gasteiger partial charge on any atom is 0.305 e. The number of aliphatic hydroxyl groups excluding tert-OH is 2. The van der Waals surface area contributed by atoms with Gasteiger partial charge in [0, 0.05) is 12.8 Å². The van der Waals surface area contributed by atoms with Crippen LogP contribution in [0.15, 0.2) is 24.3 Å². The van der Waals surface area contributed by atoms with Crippen molar-refractivity contribution >= 4 is 11.9 Å². The van der Waals surface area contributed by atoms with Gasteiger partial charge in [0.1, 0.15) is 0 Å². The average molecular weight is 945 g/mol. The minimum atomic E-state index is -0.665. The van der Waals surface area contributed by atoms with E-state index in [2.05, 4.69) is 43.5 Å². The second kappa shape index (κ2) is 56.9. The van der Waals surface area contributed by atoms with Crippen LogP contribution in [0.5, 0.6) is 0 Å². The molecule has 0 aromatic heterocycles. The molecule has 396 valence electrons. The first-order valence-corrected chi connectivity index (χ1v) is 30.1. The van der Waals surface area contributed by atoms with Crippen molar-refractivity contribution in [2.24, 2.45) is 0 Å². The number of hydrogen-bond donors (Lipinski definition) is 3. The summed E-state index contributed by atoms with van der Waals surface area (Å²) in [6.07, 6.45) is 69.0. The number of aliphatic hydroxyl groups is 2. The fraction of sp³-hybridized carbons (Fsp3) is 0.902. The summed E-state index contributed by atoms with van der Waals surface area (Å²) in [5, 5.41) is 23.1. The first-order chi connectivity index (χ1) is 33.0. The van der Waals surface area contributed by atoms with Gasteiger partial charge in [-0.25, -0.2) is 0 Å². The quantitative estimate of drug-likeness (QED) is 0.0321. The molecule has 0 spiro atoms. The van der Waals surface area contributed by atoms with E-state index in [-0.39, 0.29) is 18.5 Å². The van der Waals surface area contributed by atoms with Gasteiger partial charge in [-0.3, -0.25) is 9.59 Å². The van der Waals surface area contributed by atoms with Crippen LogP contribution in [0.25, 0.3) is 0 Å². The predicted molar refractivity (Wildman–Crippen MR) is 292 cm³/mol. The van der Waals surface area contributed by atoms with Gasteiger partial charge in [-0.15, -0.1) is 0 Å². The van der Waals surface area contributed by atoms with Crippen LogP contribution >= 0.6 is 0 Å². The molecule has 2 unspecified atom stereocenters. The Kier molecular flexibility index (Phi) is 55.5. The van der Waals surface area contributed by atoms with Crippen LogP contribution < -0.4 is 5.32 Å². The molecule has 0 radical (unpaired) electrons. The maximum atomic E-state index is 12.4. The molecular formula is C61H117NO5. The fourth-order valence-electron chi connectivity index (χ4n) is 9.34. The lowest BCUT2D eigenvalue weighted by Gasteiger charge is -2.22. The van der Waals surface area contributed by atoms with Crippen LogP contribution in [0.2, 0.25) is 0 Å². The Balaban J connectivity index is 3.37. The third-order valence-corrected chi connectivity index (χ3v) is 14.0. The van der Waals surface area contributed by atoms with Crippen LogP contribution in [-0.4, -0.2) is 47.4 Å². The molecule has 67 heavy (non-hydrogen) atoms. The van der Waals surface area contributed by atoms with Crippen molar-refractivity contribution in [3.05, 3.63) is 24.3 Å². The van der Waals surface area contributed by atoms with E-state index in [4.69, 9.17) is 4.74 Å². The summed E-state index contributed by atoms with van der Waals surface area (Å²) >= 11 is 0. The Morgan fingerprint density at radius 3 is 1.06 bits per heavy atom. The zero-order valence-corrected chi connectivity index (χ0v) is 45.1. The van der Waals surface area contributed by atoms with E-state index in [1.165, 1.54) is 250 Å². The molecule has 6 heteroatoms. The number of ether oxygens (including phenoxy) is 1. The number of unbranched alkanes of at least 4 members (excludes halogenated alkanes) is 41. The fourth-order valence-corrected chi connectivity index (χ4v) is 9.34. The maximum absolute atomic E-state index is 12.4. The summed E-state index contributed by atoms with van der Waals surface area (Å²) in [7, 11) is 0. The van der Waals surface area contributed by atoms with Gasteiger partial charge < -0.3 is 20.3 Å². The Hall–Kier alpha value is -1.66. The molecule has 2 atom stereocenters. The molecule has 3 N–H and O–H groups in total. The molecule has 0 heterocycles. The van der Waals surface area contributed by atoms with E-state index in [0.29, 0.717) is 25.9 Å². The van der Waals surface area contributed by atoms with Gasteiger partial charge in [-0.1, -0.05) is 263 Å². The Morgan fingerprint density at radius 1 is 0.403 bits per heavy atom. The summed E-state index contributed by atoms with van der Waals surface area (Å²) in [6.45, 7) is 4.94. The van der Waals surface area contributed by atoms with Gasteiger partial charge in [0.25, 0.3) is 0 Å². The van der Waals surface area contributed by atoms with Crippen LogP contribution in [0.1, 0.15) is 328 Å². The highest BCUT2D eigenvalue weighted by atomic mass is 16.5. The SMILES string of the molecule is CCCCCCCCC/C=C\CCCCCCCC(=O)OCCCCCCCCCCCCCC/C=C\CCCCCCCCCCC(=O)NC(CO)C(O)CCCCCCCCCCCC. The topological polar surface area (TPSA) is 95.9 Å². The third-order valence-electron chi connectivity index (χ3n) is 14.0. The normalized spacial score (nSPS) is 12.7. The molecule has 0 aromatic carbocycles. The van der Waals surface area contributed by atoms with Crippen molar-refractivity contribution in [3.8, 4) is 0 Å². The van der Waals surface area contributed by atoms with Gasteiger partial charge in [0.2, 0.25) is 5.91 Å². The molecule has 6 nitrogen and oxygen atoms in total. The molecule has 0 aliphatic carbocycles. The van der Waals surface area contributed by atoms with Crippen molar-refractivity contribution in [2.45, 2.75) is 341 Å². The summed E-state index contributed by atoms with van der Waals surface area (Å²) in [4.78, 5) is 24.5. The van der Waals surface area contributed by atoms with E-state index >= 15 is 0 Å². The van der Waals surface area contributed by atoms with Gasteiger partial charge in [-0.05, 0) is 77.0 Å². The van der Waals surface area contributed by atoms with Gasteiger partial charge in [-0.2, -0.15) is 0 Å². The Morgan fingerprint density at radius 2 is 0.701 bits per heavy atom. The highest BCUT2D eigenvalue weighted by Crippen LogP contribution is 2.17. The number of esters is 1. The highest BCUT2D eigenvalue weighted by molar-refractivity contribution is 5.76. The number of amides is 1. The summed E-state index contributed by atoms with van der Waals surface area (Å²) in [6, 6.07) is -0.543.